The standard InChI is InChI=1S/C58H92O6/c1-4-7-10-13-16-19-22-25-27-29-31-33-36-39-42-45-48-51-57(60)63-54-55(53-62-56(59)50-47-44-41-38-35-32-24-21-18-15-12-9-6-3)64-58(61)52-49-46-43-40-37-34-30-28-26-23-20-17-14-11-8-5-2/h8-9,11-12,15-21,24-28,32,35,38,41,55H,4-7,10,13-14,22-23,29-31,33-34,36-37,39-40,42-54H2,1-3H3/b11-8-,12-9-,18-15-,19-16-,20-17-,24-21-,27-25-,28-26-,35-32-,41-38-. The van der Waals surface area contributed by atoms with E-state index in [2.05, 4.69) is 87.6 Å². The highest BCUT2D eigenvalue weighted by molar-refractivity contribution is 5.71. The molecule has 0 rings (SSSR count). The molecule has 0 aromatic rings. The van der Waals surface area contributed by atoms with Crippen molar-refractivity contribution in [2.75, 3.05) is 13.2 Å². The van der Waals surface area contributed by atoms with Gasteiger partial charge in [-0.25, -0.2) is 0 Å². The summed E-state index contributed by atoms with van der Waals surface area (Å²) in [6.07, 6.45) is 70.4. The van der Waals surface area contributed by atoms with Crippen LogP contribution in [0.3, 0.4) is 0 Å². The van der Waals surface area contributed by atoms with E-state index in [0.29, 0.717) is 19.3 Å². The van der Waals surface area contributed by atoms with Crippen LogP contribution < -0.4 is 0 Å². The zero-order valence-electron chi connectivity index (χ0n) is 41.0. The quantitative estimate of drug-likeness (QED) is 0.0199. The lowest BCUT2D eigenvalue weighted by atomic mass is 10.1. The van der Waals surface area contributed by atoms with Crippen LogP contribution in [-0.4, -0.2) is 37.2 Å². The van der Waals surface area contributed by atoms with Crippen molar-refractivity contribution in [3.63, 3.8) is 0 Å². The molecule has 0 aliphatic heterocycles. The third-order valence-corrected chi connectivity index (χ3v) is 10.3. The number of allylic oxidation sites excluding steroid dienone is 20. The Morgan fingerprint density at radius 3 is 1.19 bits per heavy atom. The van der Waals surface area contributed by atoms with E-state index in [-0.39, 0.29) is 37.5 Å². The zero-order chi connectivity index (χ0) is 46.5. The molecule has 0 aliphatic carbocycles. The van der Waals surface area contributed by atoms with Gasteiger partial charge in [-0.3, -0.25) is 14.4 Å². The molecule has 1 unspecified atom stereocenters. The molecule has 6 heteroatoms. The van der Waals surface area contributed by atoms with Gasteiger partial charge in [-0.05, 0) is 96.3 Å². The Labute approximate surface area is 392 Å². The Hall–Kier alpha value is -4.19. The SMILES string of the molecule is CC\C=C/C=C\C=C/C=C\C=C/CCCC(=O)OCC(COC(=O)CCCCCCCCC/C=C\C/C=C\CCCCC)OC(=O)CCCCCCCC/C=C\C/C=C\C/C=C\CC. The fourth-order valence-corrected chi connectivity index (χ4v) is 6.52. The predicted molar refractivity (Wildman–Crippen MR) is 274 cm³/mol. The normalized spacial score (nSPS) is 13.1. The second kappa shape index (κ2) is 51.4. The molecule has 1 atom stereocenters. The van der Waals surface area contributed by atoms with Crippen molar-refractivity contribution in [1.29, 1.82) is 0 Å². The summed E-state index contributed by atoms with van der Waals surface area (Å²) >= 11 is 0. The molecule has 0 saturated carbocycles. The van der Waals surface area contributed by atoms with Crippen molar-refractivity contribution < 1.29 is 28.6 Å². The van der Waals surface area contributed by atoms with E-state index in [0.717, 1.165) is 96.3 Å². The molecule has 0 spiro atoms. The van der Waals surface area contributed by atoms with Gasteiger partial charge in [-0.15, -0.1) is 0 Å². The highest BCUT2D eigenvalue weighted by Gasteiger charge is 2.19. The van der Waals surface area contributed by atoms with Gasteiger partial charge in [-0.2, -0.15) is 0 Å². The molecule has 0 saturated heterocycles. The number of carbonyl (C=O) groups excluding carboxylic acids is 3. The van der Waals surface area contributed by atoms with Crippen molar-refractivity contribution in [2.24, 2.45) is 0 Å². The molecule has 64 heavy (non-hydrogen) atoms. The van der Waals surface area contributed by atoms with E-state index in [9.17, 15) is 14.4 Å². The topological polar surface area (TPSA) is 78.9 Å². The average Bonchev–Trinajstić information content (AvgIpc) is 3.29. The summed E-state index contributed by atoms with van der Waals surface area (Å²) in [5.74, 6) is -1.02. The summed E-state index contributed by atoms with van der Waals surface area (Å²) in [6, 6.07) is 0. The van der Waals surface area contributed by atoms with Crippen LogP contribution >= 0.6 is 0 Å². The van der Waals surface area contributed by atoms with Crippen LogP contribution in [-0.2, 0) is 28.6 Å². The summed E-state index contributed by atoms with van der Waals surface area (Å²) in [5.41, 5.74) is 0. The van der Waals surface area contributed by atoms with E-state index in [4.69, 9.17) is 14.2 Å². The van der Waals surface area contributed by atoms with Gasteiger partial charge in [0, 0.05) is 19.3 Å². The van der Waals surface area contributed by atoms with Crippen molar-refractivity contribution in [1.82, 2.24) is 0 Å². The summed E-state index contributed by atoms with van der Waals surface area (Å²) in [4.78, 5) is 38.0. The van der Waals surface area contributed by atoms with E-state index >= 15 is 0 Å². The number of carbonyl (C=O) groups is 3. The number of hydrogen-bond donors (Lipinski definition) is 0. The smallest absolute Gasteiger partial charge is 0.306 e. The second-order valence-electron chi connectivity index (χ2n) is 16.4. The van der Waals surface area contributed by atoms with Crippen LogP contribution in [0.4, 0.5) is 0 Å². The highest BCUT2D eigenvalue weighted by atomic mass is 16.6. The van der Waals surface area contributed by atoms with Gasteiger partial charge >= 0.3 is 17.9 Å². The maximum Gasteiger partial charge on any atom is 0.306 e. The Morgan fingerprint density at radius 1 is 0.344 bits per heavy atom. The van der Waals surface area contributed by atoms with Crippen LogP contribution in [0.15, 0.2) is 122 Å². The molecule has 360 valence electrons. The van der Waals surface area contributed by atoms with Gasteiger partial charge in [0.15, 0.2) is 6.10 Å². The van der Waals surface area contributed by atoms with E-state index < -0.39 is 6.10 Å². The molecule has 0 fully saturated rings. The van der Waals surface area contributed by atoms with Crippen molar-refractivity contribution in [3.05, 3.63) is 122 Å². The van der Waals surface area contributed by atoms with Gasteiger partial charge in [0.25, 0.3) is 0 Å². The van der Waals surface area contributed by atoms with Crippen LogP contribution in [0.1, 0.15) is 207 Å². The summed E-state index contributed by atoms with van der Waals surface area (Å²) in [6.45, 7) is 6.26. The fraction of sp³-hybridized carbons (Fsp3) is 0.603. The second-order valence-corrected chi connectivity index (χ2v) is 16.4. The van der Waals surface area contributed by atoms with Crippen molar-refractivity contribution >= 4 is 17.9 Å². The highest BCUT2D eigenvalue weighted by Crippen LogP contribution is 2.13. The lowest BCUT2D eigenvalue weighted by Crippen LogP contribution is -2.30. The van der Waals surface area contributed by atoms with Crippen molar-refractivity contribution in [2.45, 2.75) is 213 Å². The number of rotatable bonds is 44. The summed E-state index contributed by atoms with van der Waals surface area (Å²) in [5, 5.41) is 0. The monoisotopic (exact) mass is 885 g/mol. The Kier molecular flexibility index (Phi) is 48.1. The van der Waals surface area contributed by atoms with Gasteiger partial charge in [0.2, 0.25) is 0 Å². The third kappa shape index (κ3) is 48.8. The Morgan fingerprint density at radius 2 is 0.703 bits per heavy atom. The molecule has 0 amide bonds. The third-order valence-electron chi connectivity index (χ3n) is 10.3. The first-order valence-corrected chi connectivity index (χ1v) is 25.6. The minimum Gasteiger partial charge on any atom is -0.462 e. The predicted octanol–water partition coefficient (Wildman–Crippen LogP) is 16.9. The van der Waals surface area contributed by atoms with Crippen LogP contribution in [0.2, 0.25) is 0 Å². The Balaban J connectivity index is 4.52. The first-order valence-electron chi connectivity index (χ1n) is 25.6. The van der Waals surface area contributed by atoms with E-state index in [1.165, 1.54) is 64.2 Å². The summed E-state index contributed by atoms with van der Waals surface area (Å²) < 4.78 is 16.7. The van der Waals surface area contributed by atoms with Crippen LogP contribution in [0.25, 0.3) is 0 Å². The lowest BCUT2D eigenvalue weighted by molar-refractivity contribution is -0.167. The lowest BCUT2D eigenvalue weighted by Gasteiger charge is -2.18. The Bertz CT molecular complexity index is 1390. The van der Waals surface area contributed by atoms with Crippen molar-refractivity contribution in [3.8, 4) is 0 Å². The minimum atomic E-state index is -0.820. The molecule has 0 aromatic carbocycles. The molecular formula is C58H92O6. The maximum absolute atomic E-state index is 12.8. The maximum atomic E-state index is 12.8. The van der Waals surface area contributed by atoms with Gasteiger partial charge in [0.05, 0.1) is 0 Å². The molecule has 0 heterocycles. The number of unbranched alkanes of at least 4 members (excludes halogenated alkanes) is 17. The number of ether oxygens (including phenoxy) is 3. The first kappa shape index (κ1) is 59.8. The molecule has 6 nitrogen and oxygen atoms in total. The largest absolute Gasteiger partial charge is 0.462 e. The average molecular weight is 885 g/mol. The molecule has 0 aliphatic rings. The van der Waals surface area contributed by atoms with E-state index in [1.807, 2.05) is 54.7 Å². The number of esters is 3. The van der Waals surface area contributed by atoms with Crippen LogP contribution in [0.5, 0.6) is 0 Å². The van der Waals surface area contributed by atoms with E-state index in [1.54, 1.807) is 0 Å². The molecule has 0 aromatic heterocycles. The molecule has 0 bridgehead atoms. The fourth-order valence-electron chi connectivity index (χ4n) is 6.52. The summed E-state index contributed by atoms with van der Waals surface area (Å²) in [7, 11) is 0. The zero-order valence-corrected chi connectivity index (χ0v) is 41.0. The molecule has 0 radical (unpaired) electrons. The molecular weight excluding hydrogens is 793 g/mol. The first-order chi connectivity index (χ1) is 31.5. The molecule has 0 N–H and O–H groups in total. The van der Waals surface area contributed by atoms with Gasteiger partial charge in [0.1, 0.15) is 13.2 Å². The van der Waals surface area contributed by atoms with Gasteiger partial charge in [-0.1, -0.05) is 213 Å². The number of hydrogen-bond acceptors (Lipinski definition) is 6. The minimum absolute atomic E-state index is 0.114. The van der Waals surface area contributed by atoms with Crippen LogP contribution in [0, 0.1) is 0 Å². The van der Waals surface area contributed by atoms with Gasteiger partial charge < -0.3 is 14.2 Å².